The second kappa shape index (κ2) is 8.86. The lowest BCUT2D eigenvalue weighted by Crippen LogP contribution is -2.44. The van der Waals surface area contributed by atoms with E-state index >= 15 is 0 Å². The Morgan fingerprint density at radius 3 is 2.59 bits per heavy atom. The average Bonchev–Trinajstić information content (AvgIpc) is 2.37. The predicted octanol–water partition coefficient (Wildman–Crippen LogP) is 0.848. The van der Waals surface area contributed by atoms with Crippen molar-refractivity contribution in [1.82, 2.24) is 10.2 Å². The van der Waals surface area contributed by atoms with Gasteiger partial charge in [-0.2, -0.15) is 0 Å². The van der Waals surface area contributed by atoms with Crippen LogP contribution in [-0.4, -0.2) is 61.5 Å². The van der Waals surface area contributed by atoms with Gasteiger partial charge in [-0.3, -0.25) is 4.90 Å². The van der Waals surface area contributed by atoms with Gasteiger partial charge >= 0.3 is 0 Å². The highest BCUT2D eigenvalue weighted by Gasteiger charge is 2.16. The third kappa shape index (κ3) is 6.36. The molecule has 1 rings (SSSR count). The zero-order valence-corrected chi connectivity index (χ0v) is 11.3. The van der Waals surface area contributed by atoms with Crippen molar-refractivity contribution >= 4 is 0 Å². The summed E-state index contributed by atoms with van der Waals surface area (Å²) >= 11 is 0. The molecule has 1 heterocycles. The molecule has 4 heteroatoms. The molecule has 0 aromatic heterocycles. The summed E-state index contributed by atoms with van der Waals surface area (Å²) in [7, 11) is 0. The Balaban J connectivity index is 2.04. The Bertz CT molecular complexity index is 184. The lowest BCUT2D eigenvalue weighted by atomic mass is 10.1. The number of aliphatic hydroxyl groups is 1. The molecule has 0 amide bonds. The second-order valence-electron chi connectivity index (χ2n) is 4.92. The molecule has 1 fully saturated rings. The van der Waals surface area contributed by atoms with Gasteiger partial charge in [-0.25, -0.2) is 0 Å². The Morgan fingerprint density at radius 2 is 1.94 bits per heavy atom. The van der Waals surface area contributed by atoms with Crippen LogP contribution in [0.15, 0.2) is 0 Å². The van der Waals surface area contributed by atoms with Crippen molar-refractivity contribution in [2.45, 2.75) is 45.3 Å². The summed E-state index contributed by atoms with van der Waals surface area (Å²) in [6.07, 6.45) is 3.65. The van der Waals surface area contributed by atoms with Crippen molar-refractivity contribution in [3.8, 4) is 0 Å². The maximum atomic E-state index is 9.60. The molecule has 0 aromatic rings. The molecule has 17 heavy (non-hydrogen) atoms. The van der Waals surface area contributed by atoms with E-state index in [0.29, 0.717) is 25.8 Å². The SMILES string of the molecule is CCOCC(O)CNCC(C)N1CCCCC1. The van der Waals surface area contributed by atoms with Gasteiger partial charge in [0.2, 0.25) is 0 Å². The van der Waals surface area contributed by atoms with Gasteiger partial charge in [0.15, 0.2) is 0 Å². The molecule has 1 aliphatic rings. The molecule has 1 aliphatic heterocycles. The van der Waals surface area contributed by atoms with Crippen LogP contribution in [0.3, 0.4) is 0 Å². The maximum absolute atomic E-state index is 9.60. The van der Waals surface area contributed by atoms with Crippen molar-refractivity contribution in [2.24, 2.45) is 0 Å². The Morgan fingerprint density at radius 1 is 1.24 bits per heavy atom. The number of hydrogen-bond donors (Lipinski definition) is 2. The number of nitrogens with zero attached hydrogens (tertiary/aromatic N) is 1. The van der Waals surface area contributed by atoms with E-state index in [0.717, 1.165) is 6.54 Å². The molecule has 0 spiro atoms. The molecule has 102 valence electrons. The van der Waals surface area contributed by atoms with Crippen molar-refractivity contribution in [3.63, 3.8) is 0 Å². The van der Waals surface area contributed by atoms with E-state index in [1.165, 1.54) is 32.4 Å². The number of ether oxygens (including phenoxy) is 1. The number of rotatable bonds is 8. The van der Waals surface area contributed by atoms with Gasteiger partial charge in [0.25, 0.3) is 0 Å². The van der Waals surface area contributed by atoms with Crippen LogP contribution in [0.1, 0.15) is 33.1 Å². The summed E-state index contributed by atoms with van der Waals surface area (Å²) < 4.78 is 5.17. The lowest BCUT2D eigenvalue weighted by Gasteiger charge is -2.32. The number of hydrogen-bond acceptors (Lipinski definition) is 4. The molecule has 0 aliphatic carbocycles. The fourth-order valence-electron chi connectivity index (χ4n) is 2.26. The van der Waals surface area contributed by atoms with Gasteiger partial charge in [-0.05, 0) is 39.8 Å². The highest BCUT2D eigenvalue weighted by atomic mass is 16.5. The van der Waals surface area contributed by atoms with Gasteiger partial charge in [0.1, 0.15) is 0 Å². The van der Waals surface area contributed by atoms with Gasteiger partial charge in [-0.1, -0.05) is 6.42 Å². The standard InChI is InChI=1S/C13H28N2O2/c1-3-17-11-13(16)10-14-9-12(2)15-7-5-4-6-8-15/h12-14,16H,3-11H2,1-2H3. The van der Waals surface area contributed by atoms with Crippen molar-refractivity contribution in [2.75, 3.05) is 39.4 Å². The first kappa shape index (κ1) is 14.9. The van der Waals surface area contributed by atoms with Crippen LogP contribution in [0.4, 0.5) is 0 Å². The maximum Gasteiger partial charge on any atom is 0.0897 e. The fraction of sp³-hybridized carbons (Fsp3) is 1.00. The minimum Gasteiger partial charge on any atom is -0.389 e. The van der Waals surface area contributed by atoms with Crippen LogP contribution in [0.2, 0.25) is 0 Å². The number of piperidine rings is 1. The summed E-state index contributed by atoms with van der Waals surface area (Å²) in [6, 6.07) is 0.564. The van der Waals surface area contributed by atoms with Crippen molar-refractivity contribution < 1.29 is 9.84 Å². The smallest absolute Gasteiger partial charge is 0.0897 e. The first-order valence-electron chi connectivity index (χ1n) is 6.94. The highest BCUT2D eigenvalue weighted by molar-refractivity contribution is 4.73. The molecule has 2 unspecified atom stereocenters. The molecular weight excluding hydrogens is 216 g/mol. The highest BCUT2D eigenvalue weighted by Crippen LogP contribution is 2.11. The Kier molecular flexibility index (Phi) is 7.77. The normalized spacial score (nSPS) is 21.4. The lowest BCUT2D eigenvalue weighted by molar-refractivity contribution is 0.0417. The zero-order chi connectivity index (χ0) is 12.5. The average molecular weight is 244 g/mol. The summed E-state index contributed by atoms with van der Waals surface area (Å²) in [5.41, 5.74) is 0. The van der Waals surface area contributed by atoms with Gasteiger partial charge < -0.3 is 15.2 Å². The van der Waals surface area contributed by atoms with Gasteiger partial charge in [-0.15, -0.1) is 0 Å². The first-order valence-corrected chi connectivity index (χ1v) is 6.94. The van der Waals surface area contributed by atoms with E-state index in [-0.39, 0.29) is 6.10 Å². The summed E-state index contributed by atoms with van der Waals surface area (Å²) in [6.45, 7) is 9.32. The Hall–Kier alpha value is -0.160. The minimum absolute atomic E-state index is 0.386. The van der Waals surface area contributed by atoms with Crippen molar-refractivity contribution in [1.29, 1.82) is 0 Å². The van der Waals surface area contributed by atoms with Gasteiger partial charge in [0, 0.05) is 25.7 Å². The molecule has 0 radical (unpaired) electrons. The van der Waals surface area contributed by atoms with E-state index in [2.05, 4.69) is 17.1 Å². The Labute approximate surface area is 105 Å². The largest absolute Gasteiger partial charge is 0.389 e. The van der Waals surface area contributed by atoms with E-state index in [4.69, 9.17) is 4.74 Å². The van der Waals surface area contributed by atoms with Crippen LogP contribution in [0.25, 0.3) is 0 Å². The molecule has 2 atom stereocenters. The summed E-state index contributed by atoms with van der Waals surface area (Å²) in [5.74, 6) is 0. The van der Waals surface area contributed by atoms with Crippen molar-refractivity contribution in [3.05, 3.63) is 0 Å². The zero-order valence-electron chi connectivity index (χ0n) is 11.3. The first-order chi connectivity index (χ1) is 8.24. The quantitative estimate of drug-likeness (QED) is 0.664. The molecule has 1 saturated heterocycles. The molecule has 0 saturated carbocycles. The van der Waals surface area contributed by atoms with Crippen LogP contribution in [0.5, 0.6) is 0 Å². The van der Waals surface area contributed by atoms with E-state index < -0.39 is 0 Å². The molecule has 0 bridgehead atoms. The van der Waals surface area contributed by atoms with Crippen LogP contribution >= 0.6 is 0 Å². The third-order valence-electron chi connectivity index (χ3n) is 3.35. The minimum atomic E-state index is -0.386. The number of nitrogens with one attached hydrogen (secondary N) is 1. The topological polar surface area (TPSA) is 44.7 Å². The summed E-state index contributed by atoms with van der Waals surface area (Å²) in [5, 5.41) is 12.9. The number of likely N-dealkylation sites (tertiary alicyclic amines) is 1. The number of aliphatic hydroxyl groups excluding tert-OH is 1. The van der Waals surface area contributed by atoms with E-state index in [9.17, 15) is 5.11 Å². The van der Waals surface area contributed by atoms with Gasteiger partial charge in [0.05, 0.1) is 12.7 Å². The third-order valence-corrected chi connectivity index (χ3v) is 3.35. The second-order valence-corrected chi connectivity index (χ2v) is 4.92. The van der Waals surface area contributed by atoms with E-state index in [1.54, 1.807) is 0 Å². The molecule has 4 nitrogen and oxygen atoms in total. The van der Waals surface area contributed by atoms with Crippen LogP contribution < -0.4 is 5.32 Å². The van der Waals surface area contributed by atoms with E-state index in [1.807, 2.05) is 6.92 Å². The molecular formula is C13H28N2O2. The molecule has 2 N–H and O–H groups in total. The van der Waals surface area contributed by atoms with Crippen LogP contribution in [0, 0.1) is 0 Å². The monoisotopic (exact) mass is 244 g/mol. The van der Waals surface area contributed by atoms with Crippen LogP contribution in [-0.2, 0) is 4.74 Å². The molecule has 0 aromatic carbocycles. The summed E-state index contributed by atoms with van der Waals surface area (Å²) in [4.78, 5) is 2.53. The predicted molar refractivity (Wildman–Crippen MR) is 70.3 cm³/mol. The fourth-order valence-corrected chi connectivity index (χ4v) is 2.26.